The Kier molecular flexibility index (Phi) is 4.60. The summed E-state index contributed by atoms with van der Waals surface area (Å²) in [5, 5.41) is 22.5. The van der Waals surface area contributed by atoms with Crippen molar-refractivity contribution in [3.05, 3.63) is 71.1 Å². The molecular weight excluding hydrogens is 274 g/mol. The van der Waals surface area contributed by atoms with E-state index in [0.29, 0.717) is 5.82 Å². The molecule has 106 valence electrons. The molecule has 1 aromatic heterocycles. The fourth-order valence-electron chi connectivity index (χ4n) is 1.46. The molecule has 0 saturated heterocycles. The lowest BCUT2D eigenvalue weighted by Gasteiger charge is -1.89. The Morgan fingerprint density at radius 3 is 2.24 bits per heavy atom. The Morgan fingerprint density at radius 2 is 1.71 bits per heavy atom. The van der Waals surface area contributed by atoms with Gasteiger partial charge < -0.3 is 9.63 Å². The molecule has 3 rings (SSSR count). The molecule has 0 saturated carbocycles. The highest BCUT2D eigenvalue weighted by Crippen LogP contribution is 2.15. The van der Waals surface area contributed by atoms with Gasteiger partial charge in [-0.15, -0.1) is 0 Å². The van der Waals surface area contributed by atoms with Crippen molar-refractivity contribution < 1.29 is 14.6 Å². The fourth-order valence-corrected chi connectivity index (χ4v) is 1.46. The van der Waals surface area contributed by atoms with Crippen LogP contribution in [0.4, 0.5) is 5.69 Å². The number of hydrogen-bond donors (Lipinski definition) is 1. The van der Waals surface area contributed by atoms with Crippen LogP contribution in [0.15, 0.2) is 65.5 Å². The molecule has 7 heteroatoms. The highest BCUT2D eigenvalue weighted by Gasteiger charge is 2.01. The van der Waals surface area contributed by atoms with E-state index in [9.17, 15) is 10.1 Å². The molecule has 7 nitrogen and oxygen atoms in total. The van der Waals surface area contributed by atoms with Crippen molar-refractivity contribution in [3.8, 4) is 17.1 Å². The molecule has 0 radical (unpaired) electrons. The first-order chi connectivity index (χ1) is 10.2. The van der Waals surface area contributed by atoms with Gasteiger partial charge in [0, 0.05) is 17.7 Å². The maximum Gasteiger partial charge on any atom is 0.269 e. The minimum Gasteiger partial charge on any atom is -0.508 e. The lowest BCUT2D eigenvalue weighted by Crippen LogP contribution is -1.85. The SMILES string of the molecule is O=[N+]([O-])c1ccc(O)cc1.c1ccc(-c2ncon2)cc1. The summed E-state index contributed by atoms with van der Waals surface area (Å²) in [5.41, 5.74) is 0.957. The molecule has 0 bridgehead atoms. The maximum absolute atomic E-state index is 10.0. The first kappa shape index (κ1) is 14.2. The summed E-state index contributed by atoms with van der Waals surface area (Å²) in [5.74, 6) is 0.663. The van der Waals surface area contributed by atoms with Gasteiger partial charge in [-0.1, -0.05) is 35.5 Å². The Labute approximate surface area is 119 Å². The van der Waals surface area contributed by atoms with Crippen molar-refractivity contribution in [2.24, 2.45) is 0 Å². The fraction of sp³-hybridized carbons (Fsp3) is 0. The number of aromatic nitrogens is 2. The second-order valence-corrected chi connectivity index (χ2v) is 3.89. The van der Waals surface area contributed by atoms with Gasteiger partial charge in [0.1, 0.15) is 5.75 Å². The van der Waals surface area contributed by atoms with E-state index in [4.69, 9.17) is 5.11 Å². The van der Waals surface area contributed by atoms with Gasteiger partial charge in [-0.25, -0.2) is 0 Å². The number of rotatable bonds is 2. The Balaban J connectivity index is 0.000000155. The van der Waals surface area contributed by atoms with Crippen molar-refractivity contribution >= 4 is 5.69 Å². The third kappa shape index (κ3) is 4.13. The smallest absolute Gasteiger partial charge is 0.269 e. The van der Waals surface area contributed by atoms with Gasteiger partial charge in [0.15, 0.2) is 0 Å². The molecule has 0 aliphatic rings. The summed E-state index contributed by atoms with van der Waals surface area (Å²) in [6, 6.07) is 14.7. The highest BCUT2D eigenvalue weighted by atomic mass is 16.6. The number of non-ortho nitro benzene ring substituents is 1. The molecular formula is C14H11N3O4. The molecule has 0 fully saturated rings. The second kappa shape index (κ2) is 6.80. The Bertz CT molecular complexity index is 682. The zero-order chi connectivity index (χ0) is 15.1. The minimum atomic E-state index is -0.514. The van der Waals surface area contributed by atoms with Crippen molar-refractivity contribution in [2.75, 3.05) is 0 Å². The maximum atomic E-state index is 10.0. The molecule has 2 aromatic carbocycles. The predicted molar refractivity (Wildman–Crippen MR) is 74.5 cm³/mol. The van der Waals surface area contributed by atoms with Gasteiger partial charge in [-0.05, 0) is 12.1 Å². The van der Waals surface area contributed by atoms with Gasteiger partial charge in [-0.2, -0.15) is 4.98 Å². The zero-order valence-electron chi connectivity index (χ0n) is 10.8. The van der Waals surface area contributed by atoms with Gasteiger partial charge in [0.2, 0.25) is 12.2 Å². The molecule has 0 spiro atoms. The van der Waals surface area contributed by atoms with Crippen LogP contribution in [-0.2, 0) is 0 Å². The van der Waals surface area contributed by atoms with Gasteiger partial charge in [0.05, 0.1) is 4.92 Å². The summed E-state index contributed by atoms with van der Waals surface area (Å²) < 4.78 is 4.61. The summed E-state index contributed by atoms with van der Waals surface area (Å²) >= 11 is 0. The number of aromatic hydroxyl groups is 1. The molecule has 0 unspecified atom stereocenters. The first-order valence-electron chi connectivity index (χ1n) is 5.92. The zero-order valence-corrected chi connectivity index (χ0v) is 10.8. The van der Waals surface area contributed by atoms with Crippen LogP contribution in [0.25, 0.3) is 11.4 Å². The normalized spacial score (nSPS) is 9.52. The second-order valence-electron chi connectivity index (χ2n) is 3.89. The lowest BCUT2D eigenvalue weighted by molar-refractivity contribution is -0.384. The van der Waals surface area contributed by atoms with Gasteiger partial charge in [0.25, 0.3) is 5.69 Å². The summed E-state index contributed by atoms with van der Waals surface area (Å²) in [6.07, 6.45) is 1.32. The van der Waals surface area contributed by atoms with Crippen LogP contribution in [0.5, 0.6) is 5.75 Å². The number of hydrogen-bond acceptors (Lipinski definition) is 6. The standard InChI is InChI=1S/C8H6N2O.C6H5NO3/c1-2-4-7(5-3-1)8-9-6-11-10-8;8-6-3-1-5(2-4-6)7(9)10/h1-6H;1-4,8H. The molecule has 1 N–H and O–H groups in total. The average Bonchev–Trinajstić information content (AvgIpc) is 3.03. The van der Waals surface area contributed by atoms with Crippen LogP contribution in [-0.4, -0.2) is 20.2 Å². The van der Waals surface area contributed by atoms with Gasteiger partial charge in [-0.3, -0.25) is 10.1 Å². The average molecular weight is 285 g/mol. The summed E-state index contributed by atoms with van der Waals surface area (Å²) in [7, 11) is 0. The number of phenols is 1. The first-order valence-corrected chi connectivity index (χ1v) is 5.92. The quantitative estimate of drug-likeness (QED) is 0.573. The molecule has 3 aromatic rings. The van der Waals surface area contributed by atoms with Crippen molar-refractivity contribution in [2.45, 2.75) is 0 Å². The molecule has 21 heavy (non-hydrogen) atoms. The van der Waals surface area contributed by atoms with E-state index >= 15 is 0 Å². The van der Waals surface area contributed by atoms with E-state index in [1.165, 1.54) is 30.7 Å². The monoisotopic (exact) mass is 285 g/mol. The van der Waals surface area contributed by atoms with E-state index in [-0.39, 0.29) is 11.4 Å². The van der Waals surface area contributed by atoms with Crippen LogP contribution < -0.4 is 0 Å². The van der Waals surface area contributed by atoms with E-state index < -0.39 is 4.92 Å². The predicted octanol–water partition coefficient (Wildman–Crippen LogP) is 3.04. The van der Waals surface area contributed by atoms with E-state index in [1.54, 1.807) is 0 Å². The van der Waals surface area contributed by atoms with Crippen molar-refractivity contribution in [1.29, 1.82) is 0 Å². The summed E-state index contributed by atoms with van der Waals surface area (Å²) in [4.78, 5) is 13.4. The number of benzene rings is 2. The number of nitro groups is 1. The third-order valence-corrected chi connectivity index (χ3v) is 2.45. The third-order valence-electron chi connectivity index (χ3n) is 2.45. The Morgan fingerprint density at radius 1 is 1.05 bits per heavy atom. The van der Waals surface area contributed by atoms with Crippen LogP contribution >= 0.6 is 0 Å². The number of nitrogens with zero attached hydrogens (tertiary/aromatic N) is 3. The minimum absolute atomic E-state index is 0.0159. The molecule has 0 amide bonds. The summed E-state index contributed by atoms with van der Waals surface area (Å²) in [6.45, 7) is 0. The topological polar surface area (TPSA) is 102 Å². The van der Waals surface area contributed by atoms with Crippen LogP contribution in [0.1, 0.15) is 0 Å². The molecule has 0 atom stereocenters. The number of nitro benzene ring substituents is 1. The van der Waals surface area contributed by atoms with Crippen LogP contribution in [0.2, 0.25) is 0 Å². The van der Waals surface area contributed by atoms with E-state index in [1.807, 2.05) is 30.3 Å². The van der Waals surface area contributed by atoms with E-state index in [0.717, 1.165) is 5.56 Å². The van der Waals surface area contributed by atoms with E-state index in [2.05, 4.69) is 14.7 Å². The molecule has 0 aliphatic carbocycles. The van der Waals surface area contributed by atoms with Gasteiger partial charge >= 0.3 is 0 Å². The Hall–Kier alpha value is -3.22. The molecule has 1 heterocycles. The molecule has 0 aliphatic heterocycles. The lowest BCUT2D eigenvalue weighted by atomic mass is 10.2. The largest absolute Gasteiger partial charge is 0.508 e. The van der Waals surface area contributed by atoms with Crippen LogP contribution in [0, 0.1) is 10.1 Å². The van der Waals surface area contributed by atoms with Crippen molar-refractivity contribution in [3.63, 3.8) is 0 Å². The van der Waals surface area contributed by atoms with Crippen LogP contribution in [0.3, 0.4) is 0 Å². The van der Waals surface area contributed by atoms with Crippen molar-refractivity contribution in [1.82, 2.24) is 10.1 Å². The highest BCUT2D eigenvalue weighted by molar-refractivity contribution is 5.53. The number of phenolic OH excluding ortho intramolecular Hbond substituents is 1.